The van der Waals surface area contributed by atoms with E-state index in [-0.39, 0.29) is 12.4 Å². The second kappa shape index (κ2) is 6.57. The minimum atomic E-state index is 0.000546. The molecule has 0 saturated heterocycles. The lowest BCUT2D eigenvalue weighted by atomic mass is 9.98. The molecular formula is C19H22O2. The van der Waals surface area contributed by atoms with Crippen LogP contribution in [-0.2, 0) is 0 Å². The maximum Gasteiger partial charge on any atom is 0.200 e. The van der Waals surface area contributed by atoms with Crippen molar-refractivity contribution < 1.29 is 9.53 Å². The highest BCUT2D eigenvalue weighted by atomic mass is 16.5. The highest BCUT2D eigenvalue weighted by molar-refractivity contribution is 5.97. The van der Waals surface area contributed by atoms with E-state index in [0.717, 1.165) is 11.3 Å². The Morgan fingerprint density at radius 3 is 2.29 bits per heavy atom. The Morgan fingerprint density at radius 2 is 1.71 bits per heavy atom. The summed E-state index contributed by atoms with van der Waals surface area (Å²) in [7, 11) is 0. The average molecular weight is 282 g/mol. The number of ketones is 1. The molecule has 0 spiro atoms. The maximum absolute atomic E-state index is 12.1. The van der Waals surface area contributed by atoms with Crippen LogP contribution in [0, 0.1) is 13.8 Å². The van der Waals surface area contributed by atoms with Crippen LogP contribution in [0.3, 0.4) is 0 Å². The van der Waals surface area contributed by atoms with E-state index in [2.05, 4.69) is 26.8 Å². The topological polar surface area (TPSA) is 26.3 Å². The molecule has 0 N–H and O–H groups in total. The normalized spacial score (nSPS) is 10.7. The van der Waals surface area contributed by atoms with Gasteiger partial charge in [-0.2, -0.15) is 0 Å². The summed E-state index contributed by atoms with van der Waals surface area (Å²) < 4.78 is 5.62. The van der Waals surface area contributed by atoms with Gasteiger partial charge in [-0.1, -0.05) is 49.7 Å². The molecule has 0 bridgehead atoms. The average Bonchev–Trinajstić information content (AvgIpc) is 2.45. The molecule has 0 saturated carbocycles. The van der Waals surface area contributed by atoms with Crippen molar-refractivity contribution in [3.63, 3.8) is 0 Å². The lowest BCUT2D eigenvalue weighted by Gasteiger charge is -2.12. The zero-order valence-electron chi connectivity index (χ0n) is 13.1. The van der Waals surface area contributed by atoms with E-state index in [1.165, 1.54) is 11.1 Å². The highest BCUT2D eigenvalue weighted by Crippen LogP contribution is 2.23. The molecule has 0 fully saturated rings. The second-order valence-corrected chi connectivity index (χ2v) is 5.75. The van der Waals surface area contributed by atoms with Gasteiger partial charge in [-0.05, 0) is 43.0 Å². The van der Waals surface area contributed by atoms with Gasteiger partial charge in [0.05, 0.1) is 0 Å². The molecule has 2 nitrogen and oxygen atoms in total. The molecule has 0 aliphatic rings. The van der Waals surface area contributed by atoms with Crippen LogP contribution in [0.15, 0.2) is 42.5 Å². The standard InChI is InChI=1S/C19H22O2/c1-13(2)18-10-9-17(11-15(18)4)21-12-19(20)16-7-5-14(3)6-8-16/h5-11,13H,12H2,1-4H3. The Morgan fingerprint density at radius 1 is 1.05 bits per heavy atom. The molecule has 0 heterocycles. The molecule has 2 aromatic rings. The first-order valence-electron chi connectivity index (χ1n) is 7.30. The third-order valence-corrected chi connectivity index (χ3v) is 3.61. The van der Waals surface area contributed by atoms with E-state index < -0.39 is 0 Å². The summed E-state index contributed by atoms with van der Waals surface area (Å²) in [4.78, 5) is 12.1. The molecule has 0 aromatic heterocycles. The van der Waals surface area contributed by atoms with Crippen LogP contribution in [0.4, 0.5) is 0 Å². The Bertz CT molecular complexity index is 625. The van der Waals surface area contributed by atoms with Crippen LogP contribution in [0.5, 0.6) is 5.75 Å². The molecule has 0 amide bonds. The maximum atomic E-state index is 12.1. The lowest BCUT2D eigenvalue weighted by Crippen LogP contribution is -2.11. The van der Waals surface area contributed by atoms with Gasteiger partial charge in [0, 0.05) is 5.56 Å². The molecule has 2 heteroatoms. The molecule has 0 unspecified atom stereocenters. The first-order valence-corrected chi connectivity index (χ1v) is 7.30. The van der Waals surface area contributed by atoms with E-state index in [1.807, 2.05) is 43.3 Å². The number of hydrogen-bond donors (Lipinski definition) is 0. The molecule has 2 rings (SSSR count). The van der Waals surface area contributed by atoms with Gasteiger partial charge >= 0.3 is 0 Å². The van der Waals surface area contributed by atoms with Crippen molar-refractivity contribution >= 4 is 5.78 Å². The summed E-state index contributed by atoms with van der Waals surface area (Å²) in [5.41, 5.74) is 4.35. The Hall–Kier alpha value is -2.09. The Balaban J connectivity index is 2.01. The van der Waals surface area contributed by atoms with Crippen molar-refractivity contribution in [1.29, 1.82) is 0 Å². The fraction of sp³-hybridized carbons (Fsp3) is 0.316. The monoisotopic (exact) mass is 282 g/mol. The number of benzene rings is 2. The van der Waals surface area contributed by atoms with E-state index >= 15 is 0 Å². The van der Waals surface area contributed by atoms with Gasteiger partial charge in [0.1, 0.15) is 5.75 Å². The molecule has 0 atom stereocenters. The van der Waals surface area contributed by atoms with Crippen molar-refractivity contribution in [2.24, 2.45) is 0 Å². The van der Waals surface area contributed by atoms with Gasteiger partial charge < -0.3 is 4.74 Å². The lowest BCUT2D eigenvalue weighted by molar-refractivity contribution is 0.0921. The van der Waals surface area contributed by atoms with Crippen molar-refractivity contribution in [2.75, 3.05) is 6.61 Å². The van der Waals surface area contributed by atoms with E-state index in [9.17, 15) is 4.79 Å². The number of carbonyl (C=O) groups excluding carboxylic acids is 1. The summed E-state index contributed by atoms with van der Waals surface area (Å²) in [5.74, 6) is 1.24. The smallest absolute Gasteiger partial charge is 0.200 e. The largest absolute Gasteiger partial charge is 0.485 e. The van der Waals surface area contributed by atoms with Crippen molar-refractivity contribution in [3.8, 4) is 5.75 Å². The highest BCUT2D eigenvalue weighted by Gasteiger charge is 2.08. The van der Waals surface area contributed by atoms with Crippen LogP contribution in [0.1, 0.15) is 46.8 Å². The summed E-state index contributed by atoms with van der Waals surface area (Å²) in [5, 5.41) is 0. The summed E-state index contributed by atoms with van der Waals surface area (Å²) in [6.07, 6.45) is 0. The number of aryl methyl sites for hydroxylation is 2. The number of carbonyl (C=O) groups is 1. The van der Waals surface area contributed by atoms with E-state index in [0.29, 0.717) is 11.5 Å². The van der Waals surface area contributed by atoms with Crippen molar-refractivity contribution in [2.45, 2.75) is 33.6 Å². The molecule has 0 radical (unpaired) electrons. The molecule has 0 aliphatic heterocycles. The zero-order chi connectivity index (χ0) is 15.4. The number of ether oxygens (including phenoxy) is 1. The SMILES string of the molecule is Cc1ccc(C(=O)COc2ccc(C(C)C)c(C)c2)cc1. The summed E-state index contributed by atoms with van der Waals surface area (Å²) >= 11 is 0. The predicted octanol–water partition coefficient (Wildman–Crippen LogP) is 4.69. The molecular weight excluding hydrogens is 260 g/mol. The fourth-order valence-corrected chi connectivity index (χ4v) is 2.36. The van der Waals surface area contributed by atoms with Gasteiger partial charge in [-0.3, -0.25) is 4.79 Å². The van der Waals surface area contributed by atoms with Gasteiger partial charge in [0.2, 0.25) is 0 Å². The van der Waals surface area contributed by atoms with E-state index in [4.69, 9.17) is 4.74 Å². The van der Waals surface area contributed by atoms with Crippen molar-refractivity contribution in [1.82, 2.24) is 0 Å². The van der Waals surface area contributed by atoms with Gasteiger partial charge in [-0.15, -0.1) is 0 Å². The fourth-order valence-electron chi connectivity index (χ4n) is 2.36. The van der Waals surface area contributed by atoms with E-state index in [1.54, 1.807) is 0 Å². The molecule has 21 heavy (non-hydrogen) atoms. The minimum absolute atomic E-state index is 0.000546. The Kier molecular flexibility index (Phi) is 4.79. The van der Waals surface area contributed by atoms with Crippen LogP contribution in [-0.4, -0.2) is 12.4 Å². The van der Waals surface area contributed by atoms with Gasteiger partial charge in [0.15, 0.2) is 12.4 Å². The number of hydrogen-bond acceptors (Lipinski definition) is 2. The molecule has 110 valence electrons. The predicted molar refractivity (Wildman–Crippen MR) is 86.3 cm³/mol. The van der Waals surface area contributed by atoms with Crippen molar-refractivity contribution in [3.05, 3.63) is 64.7 Å². The molecule has 2 aromatic carbocycles. The second-order valence-electron chi connectivity index (χ2n) is 5.75. The quantitative estimate of drug-likeness (QED) is 0.744. The molecule has 0 aliphatic carbocycles. The van der Waals surface area contributed by atoms with Gasteiger partial charge in [-0.25, -0.2) is 0 Å². The first kappa shape index (κ1) is 15.3. The number of Topliss-reactive ketones (excluding diaryl/α,β-unsaturated/α-hetero) is 1. The van der Waals surface area contributed by atoms with Crippen LogP contribution in [0.25, 0.3) is 0 Å². The summed E-state index contributed by atoms with van der Waals surface area (Å²) in [6.45, 7) is 8.49. The van der Waals surface area contributed by atoms with Crippen LogP contribution in [0.2, 0.25) is 0 Å². The Labute approximate surface area is 126 Å². The summed E-state index contributed by atoms with van der Waals surface area (Å²) in [6, 6.07) is 13.6. The number of rotatable bonds is 5. The third-order valence-electron chi connectivity index (χ3n) is 3.61. The zero-order valence-corrected chi connectivity index (χ0v) is 13.1. The third kappa shape index (κ3) is 3.94. The minimum Gasteiger partial charge on any atom is -0.485 e. The van der Waals surface area contributed by atoms with Crippen LogP contribution < -0.4 is 4.74 Å². The van der Waals surface area contributed by atoms with Gasteiger partial charge in [0.25, 0.3) is 0 Å². The van der Waals surface area contributed by atoms with Crippen LogP contribution >= 0.6 is 0 Å². The first-order chi connectivity index (χ1) is 9.97.